The zero-order chi connectivity index (χ0) is 27.9. The second-order valence-electron chi connectivity index (χ2n) is 8.79. The van der Waals surface area contributed by atoms with Crippen molar-refractivity contribution >= 4 is 57.4 Å². The van der Waals surface area contributed by atoms with Crippen molar-refractivity contribution in [1.29, 1.82) is 0 Å². The number of carbonyl (C=O) groups is 2. The number of rotatable bonds is 7. The van der Waals surface area contributed by atoms with E-state index in [1.54, 1.807) is 66.7 Å². The van der Waals surface area contributed by atoms with Crippen molar-refractivity contribution in [1.82, 2.24) is 9.97 Å². The van der Waals surface area contributed by atoms with Gasteiger partial charge in [-0.1, -0.05) is 36.3 Å². The van der Waals surface area contributed by atoms with Crippen LogP contribution in [-0.4, -0.2) is 21.8 Å². The third-order valence-corrected chi connectivity index (χ3v) is 5.98. The molecule has 40 heavy (non-hydrogen) atoms. The lowest BCUT2D eigenvalue weighted by Gasteiger charge is -2.11. The Morgan fingerprint density at radius 2 is 1.70 bits per heavy atom. The van der Waals surface area contributed by atoms with Gasteiger partial charge >= 0.3 is 0 Å². The van der Waals surface area contributed by atoms with Crippen LogP contribution in [0.25, 0.3) is 17.0 Å². The van der Waals surface area contributed by atoms with Crippen LogP contribution in [0.1, 0.15) is 21.5 Å². The summed E-state index contributed by atoms with van der Waals surface area (Å²) in [6.07, 6.45) is 9.98. The van der Waals surface area contributed by atoms with E-state index in [0.29, 0.717) is 39.5 Å². The summed E-state index contributed by atoms with van der Waals surface area (Å²) in [5.41, 5.74) is 10.8. The third-order valence-electron chi connectivity index (χ3n) is 5.98. The monoisotopic (exact) mass is 524 g/mol. The Morgan fingerprint density at radius 3 is 2.55 bits per heavy atom. The number of hydrogen-bond acceptors (Lipinski definition) is 6. The van der Waals surface area contributed by atoms with Gasteiger partial charge in [0.1, 0.15) is 12.1 Å². The largest absolute Gasteiger partial charge is 0.397 e. The van der Waals surface area contributed by atoms with E-state index in [-0.39, 0.29) is 11.8 Å². The zero-order valence-corrected chi connectivity index (χ0v) is 21.3. The lowest BCUT2D eigenvalue weighted by Crippen LogP contribution is -2.12. The fraction of sp³-hybridized carbons (Fsp3) is 0. The van der Waals surface area contributed by atoms with E-state index >= 15 is 0 Å². The molecule has 0 saturated carbocycles. The number of carbonyl (C=O) groups excluding carboxylic acids is 2. The van der Waals surface area contributed by atoms with E-state index in [9.17, 15) is 9.59 Å². The molecular weight excluding hydrogens is 500 g/mol. The molecule has 8 nitrogen and oxygen atoms in total. The highest BCUT2D eigenvalue weighted by molar-refractivity contribution is 6.06. The molecule has 5 rings (SSSR count). The van der Waals surface area contributed by atoms with Gasteiger partial charge < -0.3 is 21.7 Å². The minimum absolute atomic E-state index is 0.297. The van der Waals surface area contributed by atoms with Gasteiger partial charge in [0.15, 0.2) is 0 Å². The average Bonchev–Trinajstić information content (AvgIpc) is 2.97. The second kappa shape index (κ2) is 11.6. The number of terminal acetylenes is 1. The Hall–Kier alpha value is -5.94. The van der Waals surface area contributed by atoms with Gasteiger partial charge in [-0.05, 0) is 72.3 Å². The van der Waals surface area contributed by atoms with Gasteiger partial charge in [0, 0.05) is 34.0 Å². The van der Waals surface area contributed by atoms with Gasteiger partial charge in [-0.15, -0.1) is 6.42 Å². The van der Waals surface area contributed by atoms with Crippen LogP contribution < -0.4 is 21.7 Å². The first kappa shape index (κ1) is 25.7. The van der Waals surface area contributed by atoms with Crippen LogP contribution in [0.5, 0.6) is 0 Å². The van der Waals surface area contributed by atoms with Crippen molar-refractivity contribution in [3.63, 3.8) is 0 Å². The minimum Gasteiger partial charge on any atom is -0.397 e. The van der Waals surface area contributed by atoms with Crippen LogP contribution >= 0.6 is 0 Å². The molecule has 0 aliphatic carbocycles. The Morgan fingerprint density at radius 1 is 0.850 bits per heavy atom. The van der Waals surface area contributed by atoms with Crippen LogP contribution in [0.2, 0.25) is 0 Å². The molecule has 1 aromatic heterocycles. The maximum atomic E-state index is 13.0. The molecule has 0 fully saturated rings. The molecule has 4 aromatic carbocycles. The molecule has 0 radical (unpaired) electrons. The molecule has 5 N–H and O–H groups in total. The zero-order valence-electron chi connectivity index (χ0n) is 21.3. The van der Waals surface area contributed by atoms with E-state index in [1.165, 1.54) is 12.4 Å². The van der Waals surface area contributed by atoms with Crippen molar-refractivity contribution in [2.45, 2.75) is 0 Å². The molecule has 0 saturated heterocycles. The summed E-state index contributed by atoms with van der Waals surface area (Å²) in [7, 11) is 0. The molecular formula is C32H24N6O2. The predicted octanol–water partition coefficient (Wildman–Crippen LogP) is 5.84. The van der Waals surface area contributed by atoms with Gasteiger partial charge in [0.2, 0.25) is 5.91 Å². The Kier molecular flexibility index (Phi) is 7.47. The lowest BCUT2D eigenvalue weighted by atomic mass is 10.1. The topological polar surface area (TPSA) is 122 Å². The summed E-state index contributed by atoms with van der Waals surface area (Å²) in [5, 5.41) is 9.70. The normalized spacial score (nSPS) is 10.7. The minimum atomic E-state index is -0.330. The number of hydrogen-bond donors (Lipinski definition) is 4. The second-order valence-corrected chi connectivity index (χ2v) is 8.79. The van der Waals surface area contributed by atoms with Crippen molar-refractivity contribution in [2.75, 3.05) is 21.7 Å². The van der Waals surface area contributed by atoms with Crippen LogP contribution in [0.3, 0.4) is 0 Å². The molecule has 194 valence electrons. The summed E-state index contributed by atoms with van der Waals surface area (Å²) in [6, 6.07) is 26.9. The number of nitrogens with one attached hydrogen (secondary N) is 3. The predicted molar refractivity (Wildman–Crippen MR) is 160 cm³/mol. The number of anilines is 5. The standard InChI is InChI=1S/C32H24N6O2/c1-2-21-7-6-10-24(18-21)36-31-26-15-14-25(19-29(26)34-20-35-31)37-32(40)23-9-5-8-22(17-23)13-16-30(39)38-28-12-4-3-11-27(28)33/h1,3-20H,33H2,(H,37,40)(H,38,39)(H,34,35,36)/b16-13+. The number of fused-ring (bicyclic) bond motifs is 1. The fourth-order valence-corrected chi connectivity index (χ4v) is 4.00. The summed E-state index contributed by atoms with van der Waals surface area (Å²) < 4.78 is 0. The number of nitrogens with two attached hydrogens (primary N) is 1. The Balaban J connectivity index is 1.28. The van der Waals surface area contributed by atoms with Gasteiger partial charge in [-0.2, -0.15) is 0 Å². The van der Waals surface area contributed by atoms with Gasteiger partial charge in [0.25, 0.3) is 5.91 Å². The summed E-state index contributed by atoms with van der Waals surface area (Å²) >= 11 is 0. The SMILES string of the molecule is C#Cc1cccc(Nc2ncnc3cc(NC(=O)c4cccc(/C=C/C(=O)Nc5ccccc5N)c4)ccc23)c1. The average molecular weight is 525 g/mol. The Bertz CT molecular complexity index is 1810. The van der Waals surface area contributed by atoms with Gasteiger partial charge in [-0.25, -0.2) is 9.97 Å². The molecule has 0 bridgehead atoms. The fourth-order valence-electron chi connectivity index (χ4n) is 4.00. The first-order chi connectivity index (χ1) is 19.5. The van der Waals surface area contributed by atoms with E-state index in [1.807, 2.05) is 30.3 Å². The third kappa shape index (κ3) is 6.13. The molecule has 0 unspecified atom stereocenters. The first-order valence-corrected chi connectivity index (χ1v) is 12.3. The van der Waals surface area contributed by atoms with Crippen molar-refractivity contribution < 1.29 is 9.59 Å². The summed E-state index contributed by atoms with van der Waals surface area (Å²) in [5.74, 6) is 2.61. The van der Waals surface area contributed by atoms with Gasteiger partial charge in [-0.3, -0.25) is 9.59 Å². The summed E-state index contributed by atoms with van der Waals surface area (Å²) in [4.78, 5) is 34.0. The first-order valence-electron chi connectivity index (χ1n) is 12.3. The van der Waals surface area contributed by atoms with E-state index in [0.717, 1.165) is 16.6 Å². The molecule has 0 spiro atoms. The van der Waals surface area contributed by atoms with Crippen LogP contribution in [0.15, 0.2) is 103 Å². The number of para-hydroxylation sites is 2. The maximum Gasteiger partial charge on any atom is 0.255 e. The highest BCUT2D eigenvalue weighted by atomic mass is 16.2. The smallest absolute Gasteiger partial charge is 0.255 e. The number of benzene rings is 4. The quantitative estimate of drug-likeness (QED) is 0.121. The van der Waals surface area contributed by atoms with Crippen molar-refractivity contribution in [2.24, 2.45) is 0 Å². The van der Waals surface area contributed by atoms with Crippen molar-refractivity contribution in [3.05, 3.63) is 120 Å². The number of aromatic nitrogens is 2. The number of nitrogens with zero attached hydrogens (tertiary/aromatic N) is 2. The molecule has 8 heteroatoms. The van der Waals surface area contributed by atoms with E-state index < -0.39 is 0 Å². The molecule has 0 atom stereocenters. The number of nitrogen functional groups attached to an aromatic ring is 1. The van der Waals surface area contributed by atoms with Crippen LogP contribution in [0.4, 0.5) is 28.6 Å². The summed E-state index contributed by atoms with van der Waals surface area (Å²) in [6.45, 7) is 0. The highest BCUT2D eigenvalue weighted by Crippen LogP contribution is 2.26. The van der Waals surface area contributed by atoms with Crippen molar-refractivity contribution in [3.8, 4) is 12.3 Å². The van der Waals surface area contributed by atoms with E-state index in [4.69, 9.17) is 12.2 Å². The molecule has 2 amide bonds. The highest BCUT2D eigenvalue weighted by Gasteiger charge is 2.10. The van der Waals surface area contributed by atoms with Crippen LogP contribution in [0, 0.1) is 12.3 Å². The number of amides is 2. The van der Waals surface area contributed by atoms with Gasteiger partial charge in [0.05, 0.1) is 16.9 Å². The van der Waals surface area contributed by atoms with Crippen LogP contribution in [-0.2, 0) is 4.79 Å². The molecule has 1 heterocycles. The maximum absolute atomic E-state index is 13.0. The molecule has 0 aliphatic rings. The molecule has 0 aliphatic heterocycles. The van der Waals surface area contributed by atoms with E-state index in [2.05, 4.69) is 31.8 Å². The lowest BCUT2D eigenvalue weighted by molar-refractivity contribution is -0.111. The molecule has 5 aromatic rings. The Labute approximate surface area is 231 Å².